The van der Waals surface area contributed by atoms with Gasteiger partial charge in [-0.25, -0.2) is 12.8 Å². The molecular weight excluding hydrogens is 287 g/mol. The van der Waals surface area contributed by atoms with Gasteiger partial charge in [-0.15, -0.1) is 11.3 Å². The molecule has 1 aromatic carbocycles. The lowest BCUT2D eigenvalue weighted by atomic mass is 10.1. The van der Waals surface area contributed by atoms with Crippen LogP contribution in [0.5, 0.6) is 0 Å². The van der Waals surface area contributed by atoms with Gasteiger partial charge in [0, 0.05) is 21.6 Å². The predicted molar refractivity (Wildman–Crippen MR) is 75.7 cm³/mol. The summed E-state index contributed by atoms with van der Waals surface area (Å²) in [6, 6.07) is 6.26. The van der Waals surface area contributed by atoms with Crippen molar-refractivity contribution in [2.45, 2.75) is 18.9 Å². The Bertz CT molecular complexity index is 676. The number of fused-ring (bicyclic) bond motifs is 1. The Balaban J connectivity index is 2.07. The van der Waals surface area contributed by atoms with Crippen molar-refractivity contribution in [3.8, 4) is 0 Å². The molecule has 0 aliphatic heterocycles. The van der Waals surface area contributed by atoms with Crippen molar-refractivity contribution in [2.24, 2.45) is 0 Å². The van der Waals surface area contributed by atoms with E-state index < -0.39 is 15.9 Å². The van der Waals surface area contributed by atoms with Crippen LogP contribution in [-0.2, 0) is 9.84 Å². The maximum atomic E-state index is 13.1. The molecule has 0 aliphatic carbocycles. The van der Waals surface area contributed by atoms with Crippen molar-refractivity contribution < 1.29 is 17.9 Å². The summed E-state index contributed by atoms with van der Waals surface area (Å²) in [5, 5.41) is 10.8. The summed E-state index contributed by atoms with van der Waals surface area (Å²) in [6.45, 7) is 0. The summed E-state index contributed by atoms with van der Waals surface area (Å²) in [7, 11) is -2.99. The molecule has 6 heteroatoms. The monoisotopic (exact) mass is 302 g/mol. The number of benzene rings is 1. The van der Waals surface area contributed by atoms with Crippen LogP contribution in [0.15, 0.2) is 24.3 Å². The molecule has 3 nitrogen and oxygen atoms in total. The van der Waals surface area contributed by atoms with E-state index in [9.17, 15) is 17.9 Å². The molecule has 2 aromatic rings. The highest BCUT2D eigenvalue weighted by molar-refractivity contribution is 7.90. The summed E-state index contributed by atoms with van der Waals surface area (Å²) in [6.07, 6.45) is 1.30. The predicted octanol–water partition coefficient (Wildman–Crippen LogP) is 2.90. The number of hydrogen-bond donors (Lipinski definition) is 1. The van der Waals surface area contributed by atoms with Crippen LogP contribution in [0.1, 0.15) is 23.8 Å². The van der Waals surface area contributed by atoms with Gasteiger partial charge >= 0.3 is 0 Å². The number of aliphatic hydroxyl groups excluding tert-OH is 1. The zero-order valence-electron chi connectivity index (χ0n) is 10.5. The van der Waals surface area contributed by atoms with Gasteiger partial charge in [0.2, 0.25) is 0 Å². The minimum atomic E-state index is -2.99. The van der Waals surface area contributed by atoms with Crippen LogP contribution in [-0.4, -0.2) is 25.5 Å². The number of halogens is 1. The Morgan fingerprint density at radius 2 is 2.11 bits per heavy atom. The molecule has 0 bridgehead atoms. The molecule has 0 aliphatic rings. The number of aliphatic hydroxyl groups is 1. The Morgan fingerprint density at radius 3 is 2.79 bits per heavy atom. The van der Waals surface area contributed by atoms with Gasteiger partial charge in [-0.3, -0.25) is 0 Å². The van der Waals surface area contributed by atoms with Crippen molar-refractivity contribution >= 4 is 31.3 Å². The first-order chi connectivity index (χ1) is 8.85. The van der Waals surface area contributed by atoms with Crippen molar-refractivity contribution in [3.63, 3.8) is 0 Å². The molecule has 1 atom stereocenters. The maximum absolute atomic E-state index is 13.1. The first kappa shape index (κ1) is 14.4. The Morgan fingerprint density at radius 1 is 1.37 bits per heavy atom. The van der Waals surface area contributed by atoms with Gasteiger partial charge in [0.15, 0.2) is 0 Å². The van der Waals surface area contributed by atoms with E-state index in [4.69, 9.17) is 0 Å². The maximum Gasteiger partial charge on any atom is 0.147 e. The summed E-state index contributed by atoms with van der Waals surface area (Å²) in [5.41, 5.74) is 0. The third-order valence-electron chi connectivity index (χ3n) is 2.82. The van der Waals surface area contributed by atoms with Crippen molar-refractivity contribution in [2.75, 3.05) is 12.0 Å². The SMILES string of the molecule is CS(=O)(=O)CCCC(O)c1cc2cc(F)ccc2s1. The molecule has 0 radical (unpaired) electrons. The quantitative estimate of drug-likeness (QED) is 0.924. The highest BCUT2D eigenvalue weighted by Gasteiger charge is 2.13. The first-order valence-corrected chi connectivity index (χ1v) is 8.78. The second-order valence-corrected chi connectivity index (χ2v) is 7.99. The standard InChI is InChI=1S/C13H15FO3S2/c1-19(16,17)6-2-3-11(15)13-8-9-7-10(14)4-5-12(9)18-13/h4-5,7-8,11,15H,2-3,6H2,1H3. The van der Waals surface area contributed by atoms with E-state index in [0.29, 0.717) is 12.8 Å². The summed E-state index contributed by atoms with van der Waals surface area (Å²) < 4.78 is 36.0. The van der Waals surface area contributed by atoms with Gasteiger partial charge in [-0.05, 0) is 42.5 Å². The Kier molecular flexibility index (Phi) is 4.23. The van der Waals surface area contributed by atoms with Gasteiger partial charge in [0.05, 0.1) is 6.10 Å². The second kappa shape index (κ2) is 5.56. The number of sulfone groups is 1. The highest BCUT2D eigenvalue weighted by atomic mass is 32.2. The van der Waals surface area contributed by atoms with Crippen LogP contribution in [0.25, 0.3) is 10.1 Å². The van der Waals surface area contributed by atoms with Gasteiger partial charge in [-0.2, -0.15) is 0 Å². The minimum Gasteiger partial charge on any atom is -0.388 e. The molecule has 0 spiro atoms. The lowest BCUT2D eigenvalue weighted by Crippen LogP contribution is -2.05. The van der Waals surface area contributed by atoms with Gasteiger partial charge in [-0.1, -0.05) is 0 Å². The molecule has 0 amide bonds. The first-order valence-electron chi connectivity index (χ1n) is 5.90. The smallest absolute Gasteiger partial charge is 0.147 e. The lowest BCUT2D eigenvalue weighted by molar-refractivity contribution is 0.170. The van der Waals surface area contributed by atoms with Crippen LogP contribution in [0.4, 0.5) is 4.39 Å². The highest BCUT2D eigenvalue weighted by Crippen LogP contribution is 2.32. The summed E-state index contributed by atoms with van der Waals surface area (Å²) >= 11 is 1.41. The van der Waals surface area contributed by atoms with Crippen molar-refractivity contribution in [1.29, 1.82) is 0 Å². The van der Waals surface area contributed by atoms with E-state index in [1.807, 2.05) is 0 Å². The number of thiophene rings is 1. The average molecular weight is 302 g/mol. The molecule has 0 fully saturated rings. The fourth-order valence-electron chi connectivity index (χ4n) is 1.88. The topological polar surface area (TPSA) is 54.4 Å². The van der Waals surface area contributed by atoms with Crippen LogP contribution in [0.2, 0.25) is 0 Å². The fraction of sp³-hybridized carbons (Fsp3) is 0.385. The van der Waals surface area contributed by atoms with Crippen LogP contribution in [0, 0.1) is 5.82 Å². The largest absolute Gasteiger partial charge is 0.388 e. The molecule has 1 heterocycles. The average Bonchev–Trinajstić information content (AvgIpc) is 2.70. The van der Waals surface area contributed by atoms with Crippen LogP contribution >= 0.6 is 11.3 Å². The van der Waals surface area contributed by atoms with E-state index >= 15 is 0 Å². The lowest BCUT2D eigenvalue weighted by Gasteiger charge is -2.07. The number of hydrogen-bond acceptors (Lipinski definition) is 4. The third-order valence-corrected chi connectivity index (χ3v) is 5.07. The van der Waals surface area contributed by atoms with Gasteiger partial charge in [0.25, 0.3) is 0 Å². The second-order valence-electron chi connectivity index (χ2n) is 4.62. The Hall–Kier alpha value is -0.980. The zero-order valence-corrected chi connectivity index (χ0v) is 12.1. The zero-order chi connectivity index (χ0) is 14.0. The molecule has 1 aromatic heterocycles. The fourth-order valence-corrected chi connectivity index (χ4v) is 3.64. The molecule has 1 N–H and O–H groups in total. The molecule has 19 heavy (non-hydrogen) atoms. The van der Waals surface area contributed by atoms with Gasteiger partial charge in [0.1, 0.15) is 15.7 Å². The minimum absolute atomic E-state index is 0.0730. The molecule has 2 rings (SSSR count). The van der Waals surface area contributed by atoms with E-state index in [1.165, 1.54) is 29.7 Å². The van der Waals surface area contributed by atoms with Crippen LogP contribution in [0.3, 0.4) is 0 Å². The van der Waals surface area contributed by atoms with E-state index in [1.54, 1.807) is 12.1 Å². The van der Waals surface area contributed by atoms with Crippen LogP contribution < -0.4 is 0 Å². The van der Waals surface area contributed by atoms with Crippen molar-refractivity contribution in [1.82, 2.24) is 0 Å². The normalized spacial score (nSPS) is 13.8. The van der Waals surface area contributed by atoms with Crippen molar-refractivity contribution in [3.05, 3.63) is 35.0 Å². The molecule has 0 saturated heterocycles. The van der Waals surface area contributed by atoms with E-state index in [-0.39, 0.29) is 11.6 Å². The third kappa shape index (κ3) is 3.99. The van der Waals surface area contributed by atoms with E-state index in [2.05, 4.69) is 0 Å². The Labute approximate surface area is 115 Å². The van der Waals surface area contributed by atoms with E-state index in [0.717, 1.165) is 15.0 Å². The summed E-state index contributed by atoms with van der Waals surface area (Å²) in [5.74, 6) is -0.229. The number of rotatable bonds is 5. The summed E-state index contributed by atoms with van der Waals surface area (Å²) in [4.78, 5) is 0.745. The molecule has 0 saturated carbocycles. The molecule has 1 unspecified atom stereocenters. The van der Waals surface area contributed by atoms with Gasteiger partial charge < -0.3 is 5.11 Å². The molecular formula is C13H15FO3S2. The molecule has 104 valence electrons.